The zero-order valence-electron chi connectivity index (χ0n) is 5.10. The summed E-state index contributed by atoms with van der Waals surface area (Å²) < 4.78 is 0. The quantitative estimate of drug-likeness (QED) is 0.521. The van der Waals surface area contributed by atoms with E-state index in [1.807, 2.05) is 6.07 Å². The van der Waals surface area contributed by atoms with Gasteiger partial charge in [-0.1, -0.05) is 0 Å². The summed E-state index contributed by atoms with van der Waals surface area (Å²) in [4.78, 5) is 7.73. The van der Waals surface area contributed by atoms with Crippen LogP contribution in [0.15, 0.2) is 24.8 Å². The average molecular weight is 132 g/mol. The molecule has 0 aliphatic carbocycles. The summed E-state index contributed by atoms with van der Waals surface area (Å²) >= 11 is 0. The largest absolute Gasteiger partial charge is 0.244 e. The van der Waals surface area contributed by atoms with Gasteiger partial charge in [0.05, 0.1) is 6.20 Å². The molecular weight excluding hydrogens is 128 g/mol. The Labute approximate surface area is 57.0 Å². The van der Waals surface area contributed by atoms with Crippen molar-refractivity contribution in [3.05, 3.63) is 24.8 Å². The van der Waals surface area contributed by atoms with Crippen LogP contribution in [0.25, 0.3) is 11.0 Å². The van der Waals surface area contributed by atoms with Crippen molar-refractivity contribution in [3.63, 3.8) is 0 Å². The van der Waals surface area contributed by atoms with E-state index in [0.717, 1.165) is 5.39 Å². The molecule has 2 aromatic rings. The Morgan fingerprint density at radius 2 is 2.30 bits per heavy atom. The van der Waals surface area contributed by atoms with Crippen LogP contribution >= 0.6 is 0 Å². The van der Waals surface area contributed by atoms with E-state index in [-0.39, 0.29) is 0 Å². The first-order chi connectivity index (χ1) is 4.97. The smallest absolute Gasteiger partial charge is 0.184 e. The monoisotopic (exact) mass is 132 g/mol. The van der Waals surface area contributed by atoms with Crippen molar-refractivity contribution >= 4 is 11.0 Å². The highest BCUT2D eigenvalue weighted by molar-refractivity contribution is 5.71. The molecule has 48 valence electrons. The number of hydrogen-bond donors (Lipinski definition) is 0. The highest BCUT2D eigenvalue weighted by atomic mass is 15.1. The molecule has 0 saturated carbocycles. The number of hydrogen-bond acceptors (Lipinski definition) is 4. The SMILES string of the molecule is c1cc2cncnc2nn1. The van der Waals surface area contributed by atoms with Gasteiger partial charge >= 0.3 is 0 Å². The maximum Gasteiger partial charge on any atom is 0.184 e. The highest BCUT2D eigenvalue weighted by Gasteiger charge is 1.90. The van der Waals surface area contributed by atoms with Crippen molar-refractivity contribution in [3.8, 4) is 0 Å². The fourth-order valence-corrected chi connectivity index (χ4v) is 0.737. The van der Waals surface area contributed by atoms with E-state index < -0.39 is 0 Å². The van der Waals surface area contributed by atoms with Crippen molar-refractivity contribution < 1.29 is 0 Å². The third kappa shape index (κ3) is 0.699. The molecule has 4 heteroatoms. The third-order valence-corrected chi connectivity index (χ3v) is 1.19. The zero-order chi connectivity index (χ0) is 6.81. The van der Waals surface area contributed by atoms with Gasteiger partial charge in [-0.05, 0) is 6.07 Å². The van der Waals surface area contributed by atoms with E-state index in [9.17, 15) is 0 Å². The lowest BCUT2D eigenvalue weighted by Crippen LogP contribution is -1.85. The summed E-state index contributed by atoms with van der Waals surface area (Å²) in [6.07, 6.45) is 4.78. The third-order valence-electron chi connectivity index (χ3n) is 1.19. The predicted octanol–water partition coefficient (Wildman–Crippen LogP) is 0.420. The van der Waals surface area contributed by atoms with Crippen LogP contribution in [-0.2, 0) is 0 Å². The van der Waals surface area contributed by atoms with Crippen LogP contribution in [0.1, 0.15) is 0 Å². The molecule has 0 radical (unpaired) electrons. The van der Waals surface area contributed by atoms with Gasteiger partial charge in [0.15, 0.2) is 5.65 Å². The molecular formula is C6H4N4. The number of aromatic nitrogens is 4. The highest BCUT2D eigenvalue weighted by Crippen LogP contribution is 2.00. The molecule has 10 heavy (non-hydrogen) atoms. The molecule has 4 nitrogen and oxygen atoms in total. The van der Waals surface area contributed by atoms with Crippen LogP contribution in [0.2, 0.25) is 0 Å². The molecule has 0 bridgehead atoms. The Bertz CT molecular complexity index is 281. The second-order valence-corrected chi connectivity index (χ2v) is 1.83. The van der Waals surface area contributed by atoms with Crippen LogP contribution in [0, 0.1) is 0 Å². The summed E-state index contributed by atoms with van der Waals surface area (Å²) in [6.45, 7) is 0. The summed E-state index contributed by atoms with van der Waals surface area (Å²) in [5.41, 5.74) is 0.637. The lowest BCUT2D eigenvalue weighted by Gasteiger charge is -1.88. The Balaban J connectivity index is 2.89. The summed E-state index contributed by atoms with van der Waals surface area (Å²) in [7, 11) is 0. The lowest BCUT2D eigenvalue weighted by atomic mass is 10.4. The molecule has 2 heterocycles. The van der Waals surface area contributed by atoms with E-state index in [2.05, 4.69) is 20.2 Å². The van der Waals surface area contributed by atoms with Gasteiger partial charge in [0.1, 0.15) is 6.33 Å². The van der Waals surface area contributed by atoms with Crippen LogP contribution in [0.4, 0.5) is 0 Å². The molecule has 0 aliphatic rings. The van der Waals surface area contributed by atoms with E-state index >= 15 is 0 Å². The lowest BCUT2D eigenvalue weighted by molar-refractivity contribution is 1.04. The molecule has 0 aliphatic heterocycles. The van der Waals surface area contributed by atoms with Crippen LogP contribution in [0.3, 0.4) is 0 Å². The number of nitrogens with zero attached hydrogens (tertiary/aromatic N) is 4. The minimum absolute atomic E-state index is 0.637. The minimum Gasteiger partial charge on any atom is -0.244 e. The van der Waals surface area contributed by atoms with Crippen LogP contribution < -0.4 is 0 Å². The van der Waals surface area contributed by atoms with Gasteiger partial charge in [0, 0.05) is 11.6 Å². The Hall–Kier alpha value is -1.58. The molecule has 0 fully saturated rings. The van der Waals surface area contributed by atoms with Crippen LogP contribution in [0.5, 0.6) is 0 Å². The van der Waals surface area contributed by atoms with Gasteiger partial charge in [-0.3, -0.25) is 0 Å². The fraction of sp³-hybridized carbons (Fsp3) is 0. The summed E-state index contributed by atoms with van der Waals surface area (Å²) in [5.74, 6) is 0. The second-order valence-electron chi connectivity index (χ2n) is 1.83. The van der Waals surface area contributed by atoms with Gasteiger partial charge in [0.25, 0.3) is 0 Å². The molecule has 0 amide bonds. The molecule has 0 N–H and O–H groups in total. The van der Waals surface area contributed by atoms with Crippen molar-refractivity contribution in [1.82, 2.24) is 20.2 Å². The Morgan fingerprint density at radius 1 is 1.30 bits per heavy atom. The maximum absolute atomic E-state index is 3.90. The summed E-state index contributed by atoms with van der Waals surface area (Å²) in [5, 5.41) is 8.37. The van der Waals surface area contributed by atoms with Gasteiger partial charge in [-0.15, -0.1) is 5.10 Å². The zero-order valence-corrected chi connectivity index (χ0v) is 5.10. The molecule has 2 aromatic heterocycles. The standard InChI is InChI=1S/C6H4N4/c1-2-9-10-6-5(1)3-7-4-8-6/h1-4H. The molecule has 0 unspecified atom stereocenters. The Morgan fingerprint density at radius 3 is 3.20 bits per heavy atom. The first kappa shape index (κ1) is 5.22. The van der Waals surface area contributed by atoms with Crippen molar-refractivity contribution in [2.75, 3.05) is 0 Å². The van der Waals surface area contributed by atoms with Crippen LogP contribution in [-0.4, -0.2) is 20.2 Å². The normalized spacial score (nSPS) is 10.0. The van der Waals surface area contributed by atoms with Gasteiger partial charge in [-0.2, -0.15) is 5.10 Å². The first-order valence-electron chi connectivity index (χ1n) is 2.84. The van der Waals surface area contributed by atoms with E-state index in [1.54, 1.807) is 12.4 Å². The van der Waals surface area contributed by atoms with Crippen molar-refractivity contribution in [2.45, 2.75) is 0 Å². The summed E-state index contributed by atoms with van der Waals surface area (Å²) in [6, 6.07) is 1.82. The molecule has 0 aromatic carbocycles. The Kier molecular flexibility index (Phi) is 1.04. The molecule has 0 spiro atoms. The van der Waals surface area contributed by atoms with E-state index in [1.165, 1.54) is 6.33 Å². The topological polar surface area (TPSA) is 51.6 Å². The predicted molar refractivity (Wildman–Crippen MR) is 35.1 cm³/mol. The van der Waals surface area contributed by atoms with Gasteiger partial charge in [-0.25, -0.2) is 9.97 Å². The molecule has 0 saturated heterocycles. The second kappa shape index (κ2) is 1.98. The number of fused-ring (bicyclic) bond motifs is 1. The van der Waals surface area contributed by atoms with Crippen molar-refractivity contribution in [1.29, 1.82) is 0 Å². The van der Waals surface area contributed by atoms with Gasteiger partial charge < -0.3 is 0 Å². The van der Waals surface area contributed by atoms with Crippen molar-refractivity contribution in [2.24, 2.45) is 0 Å². The minimum atomic E-state index is 0.637. The average Bonchev–Trinajstić information content (AvgIpc) is 2.05. The first-order valence-corrected chi connectivity index (χ1v) is 2.84. The molecule has 0 atom stereocenters. The maximum atomic E-state index is 3.90. The molecule has 2 rings (SSSR count). The fourth-order valence-electron chi connectivity index (χ4n) is 0.737. The number of rotatable bonds is 0. The van der Waals surface area contributed by atoms with E-state index in [0.29, 0.717) is 5.65 Å². The van der Waals surface area contributed by atoms with Gasteiger partial charge in [0.2, 0.25) is 0 Å². The van der Waals surface area contributed by atoms with E-state index in [4.69, 9.17) is 0 Å².